The van der Waals surface area contributed by atoms with Gasteiger partial charge in [-0.05, 0) is 118 Å². The first-order valence-corrected chi connectivity index (χ1v) is 17.3. The van der Waals surface area contributed by atoms with E-state index in [1.807, 2.05) is 6.92 Å². The highest BCUT2D eigenvalue weighted by Crippen LogP contribution is 2.73. The maximum Gasteiger partial charge on any atom is 0.186 e. The van der Waals surface area contributed by atoms with Crippen LogP contribution in [0.15, 0.2) is 11.6 Å². The van der Waals surface area contributed by atoms with E-state index in [1.54, 1.807) is 0 Å². The van der Waals surface area contributed by atoms with E-state index in [2.05, 4.69) is 54.5 Å². The summed E-state index contributed by atoms with van der Waals surface area (Å²) in [6.07, 6.45) is 3.17. The van der Waals surface area contributed by atoms with Gasteiger partial charge in [0.05, 0.1) is 24.4 Å². The summed E-state index contributed by atoms with van der Waals surface area (Å²) in [6.45, 7) is 17.3. The van der Waals surface area contributed by atoms with E-state index in [9.17, 15) is 30.6 Å². The molecule has 15 unspecified atom stereocenters. The van der Waals surface area contributed by atoms with Crippen molar-refractivity contribution in [1.82, 2.24) is 0 Å². The zero-order valence-electron chi connectivity index (χ0n) is 28.5. The third-order valence-electron chi connectivity index (χ3n) is 14.4. The molecule has 8 nitrogen and oxygen atoms in total. The first kappa shape index (κ1) is 34.7. The highest BCUT2D eigenvalue weighted by Gasteiger charge is 2.70. The van der Waals surface area contributed by atoms with Crippen LogP contribution < -0.4 is 0 Å². The van der Waals surface area contributed by atoms with Crippen molar-refractivity contribution in [3.05, 3.63) is 11.6 Å². The van der Waals surface area contributed by atoms with E-state index < -0.39 is 49.0 Å². The van der Waals surface area contributed by atoms with Crippen LogP contribution in [-0.4, -0.2) is 85.8 Å². The molecule has 1 saturated heterocycles. The van der Waals surface area contributed by atoms with Crippen LogP contribution in [0.25, 0.3) is 0 Å². The van der Waals surface area contributed by atoms with Crippen LogP contribution in [0, 0.1) is 45.3 Å². The molecule has 4 aliphatic carbocycles. The molecular formula is C36H62O8. The Bertz CT molecular complexity index is 1070. The molecule has 0 aromatic carbocycles. The van der Waals surface area contributed by atoms with Gasteiger partial charge < -0.3 is 40.1 Å². The van der Waals surface area contributed by atoms with E-state index >= 15 is 0 Å². The zero-order valence-corrected chi connectivity index (χ0v) is 28.5. The topological polar surface area (TPSA) is 140 Å². The second-order valence-corrected chi connectivity index (χ2v) is 17.3. The lowest BCUT2D eigenvalue weighted by molar-refractivity contribution is -0.330. The van der Waals surface area contributed by atoms with Crippen LogP contribution in [0.2, 0.25) is 0 Å². The molecule has 8 heteroatoms. The van der Waals surface area contributed by atoms with Crippen LogP contribution in [0.3, 0.4) is 0 Å². The minimum absolute atomic E-state index is 0.00156. The second-order valence-electron chi connectivity index (χ2n) is 17.3. The zero-order chi connectivity index (χ0) is 32.6. The molecule has 0 aromatic heterocycles. The fourth-order valence-electron chi connectivity index (χ4n) is 11.8. The number of rotatable bonds is 7. The molecule has 4 saturated carbocycles. The first-order chi connectivity index (χ1) is 20.3. The lowest BCUT2D eigenvalue weighted by Crippen LogP contribution is -2.65. The Morgan fingerprint density at radius 3 is 2.20 bits per heavy atom. The summed E-state index contributed by atoms with van der Waals surface area (Å²) in [5.41, 5.74) is -0.253. The van der Waals surface area contributed by atoms with Crippen molar-refractivity contribution in [3.8, 4) is 0 Å². The van der Waals surface area contributed by atoms with Crippen LogP contribution >= 0.6 is 0 Å². The highest BCUT2D eigenvalue weighted by molar-refractivity contribution is 5.19. The Kier molecular flexibility index (Phi) is 9.35. The second kappa shape index (κ2) is 11.8. The number of hydrogen-bond acceptors (Lipinski definition) is 8. The maximum atomic E-state index is 12.1. The molecule has 0 radical (unpaired) electrons. The van der Waals surface area contributed by atoms with Gasteiger partial charge in [-0.2, -0.15) is 0 Å². The molecule has 0 aromatic rings. The van der Waals surface area contributed by atoms with E-state index in [0.717, 1.165) is 51.4 Å². The Balaban J connectivity index is 1.36. The van der Waals surface area contributed by atoms with Crippen LogP contribution in [0.5, 0.6) is 0 Å². The Morgan fingerprint density at radius 1 is 0.886 bits per heavy atom. The molecule has 6 N–H and O–H groups in total. The molecular weight excluding hydrogens is 560 g/mol. The molecule has 5 aliphatic rings. The first-order valence-electron chi connectivity index (χ1n) is 17.3. The lowest BCUT2D eigenvalue weighted by atomic mass is 9.39. The van der Waals surface area contributed by atoms with Crippen molar-refractivity contribution in [2.75, 3.05) is 6.61 Å². The van der Waals surface area contributed by atoms with Gasteiger partial charge in [0, 0.05) is 5.41 Å². The van der Waals surface area contributed by atoms with Gasteiger partial charge in [0.25, 0.3) is 0 Å². The van der Waals surface area contributed by atoms with E-state index in [0.29, 0.717) is 24.2 Å². The molecule has 5 rings (SSSR count). The molecule has 15 atom stereocenters. The molecule has 254 valence electrons. The van der Waals surface area contributed by atoms with Crippen LogP contribution in [-0.2, 0) is 9.47 Å². The molecule has 44 heavy (non-hydrogen) atoms. The molecule has 0 bridgehead atoms. The van der Waals surface area contributed by atoms with Gasteiger partial charge >= 0.3 is 0 Å². The van der Waals surface area contributed by atoms with Gasteiger partial charge in [-0.25, -0.2) is 0 Å². The Labute approximate surface area is 265 Å². The summed E-state index contributed by atoms with van der Waals surface area (Å²) in [5.74, 6) is 1.22. The summed E-state index contributed by atoms with van der Waals surface area (Å²) in [4.78, 5) is 0. The summed E-state index contributed by atoms with van der Waals surface area (Å²) in [6, 6.07) is 0. The third kappa shape index (κ3) is 5.26. The minimum Gasteiger partial charge on any atom is -0.394 e. The van der Waals surface area contributed by atoms with Crippen molar-refractivity contribution in [2.24, 2.45) is 45.3 Å². The largest absolute Gasteiger partial charge is 0.394 e. The number of allylic oxidation sites excluding steroid dienone is 2. The van der Waals surface area contributed by atoms with Crippen molar-refractivity contribution in [1.29, 1.82) is 0 Å². The smallest absolute Gasteiger partial charge is 0.186 e. The standard InChI is InChI=1S/C36H62O8/c1-20(2)10-9-14-36(8,42)35(7)17-16-34(6)21-11-12-25-32(3,4)26(13-15-33(25,5)22(21)18-23(38)30(34)35)44-31-29(41)28(40)27(39)24(19-37)43-31/h10,21-31,37-42H,9,11-19H2,1-8H3. The number of aliphatic hydroxyl groups excluding tert-OH is 5. The summed E-state index contributed by atoms with van der Waals surface area (Å²) >= 11 is 0. The average Bonchev–Trinajstić information content (AvgIpc) is 3.24. The van der Waals surface area contributed by atoms with E-state index in [1.165, 1.54) is 5.57 Å². The van der Waals surface area contributed by atoms with Gasteiger partial charge in [0.2, 0.25) is 0 Å². The average molecular weight is 623 g/mol. The minimum atomic E-state index is -1.46. The maximum absolute atomic E-state index is 12.1. The third-order valence-corrected chi connectivity index (χ3v) is 14.4. The van der Waals surface area contributed by atoms with Crippen molar-refractivity contribution in [3.63, 3.8) is 0 Å². The highest BCUT2D eigenvalue weighted by atomic mass is 16.7. The molecule has 0 amide bonds. The molecule has 5 fully saturated rings. The van der Waals surface area contributed by atoms with Crippen molar-refractivity contribution < 1.29 is 40.1 Å². The summed E-state index contributed by atoms with van der Waals surface area (Å²) < 4.78 is 12.2. The van der Waals surface area contributed by atoms with Crippen LogP contribution in [0.1, 0.15) is 113 Å². The van der Waals surface area contributed by atoms with Gasteiger partial charge in [-0.1, -0.05) is 46.3 Å². The predicted octanol–water partition coefficient (Wildman–Crippen LogP) is 4.32. The SMILES string of the molecule is CC(C)=CCCC(C)(O)C1(C)CCC2(C)C3CCC4C(C)(C)C(OC5OC(CO)C(O)C(O)C5O)CCC4(C)C3CC(O)C21. The Morgan fingerprint density at radius 2 is 1.57 bits per heavy atom. The number of fused-ring (bicyclic) bond motifs is 5. The van der Waals surface area contributed by atoms with Gasteiger partial charge in [-0.15, -0.1) is 0 Å². The van der Waals surface area contributed by atoms with Crippen molar-refractivity contribution >= 4 is 0 Å². The van der Waals surface area contributed by atoms with E-state index in [-0.39, 0.29) is 33.7 Å². The number of aliphatic hydroxyl groups is 6. The van der Waals surface area contributed by atoms with Gasteiger partial charge in [0.1, 0.15) is 24.4 Å². The van der Waals surface area contributed by atoms with Crippen molar-refractivity contribution in [2.45, 2.75) is 162 Å². The van der Waals surface area contributed by atoms with Gasteiger partial charge in [0.15, 0.2) is 6.29 Å². The predicted molar refractivity (Wildman–Crippen MR) is 168 cm³/mol. The van der Waals surface area contributed by atoms with Crippen LogP contribution in [0.4, 0.5) is 0 Å². The number of hydrogen-bond donors (Lipinski definition) is 6. The molecule has 1 aliphatic heterocycles. The fourth-order valence-corrected chi connectivity index (χ4v) is 11.8. The summed E-state index contributed by atoms with van der Waals surface area (Å²) in [5, 5.41) is 65.0. The molecule has 1 heterocycles. The normalized spacial score (nSPS) is 51.5. The lowest BCUT2D eigenvalue weighted by Gasteiger charge is -2.67. The molecule has 0 spiro atoms. The van der Waals surface area contributed by atoms with Gasteiger partial charge in [-0.3, -0.25) is 0 Å². The van der Waals surface area contributed by atoms with E-state index in [4.69, 9.17) is 9.47 Å². The fraction of sp³-hybridized carbons (Fsp3) is 0.944. The number of ether oxygens (including phenoxy) is 2. The monoisotopic (exact) mass is 622 g/mol. The Hall–Kier alpha value is -0.580. The quantitative estimate of drug-likeness (QED) is 0.182. The summed E-state index contributed by atoms with van der Waals surface area (Å²) in [7, 11) is 0.